The predicted molar refractivity (Wildman–Crippen MR) is 140 cm³/mol. The summed E-state index contributed by atoms with van der Waals surface area (Å²) in [7, 11) is 0. The first-order valence-corrected chi connectivity index (χ1v) is 12.4. The van der Waals surface area contributed by atoms with Crippen LogP contribution in [-0.2, 0) is 16.1 Å². The minimum atomic E-state index is -0.664. The summed E-state index contributed by atoms with van der Waals surface area (Å²) in [5, 5.41) is 5.43. The molecule has 0 saturated carbocycles. The van der Waals surface area contributed by atoms with E-state index in [4.69, 9.17) is 11.6 Å². The van der Waals surface area contributed by atoms with Crippen molar-refractivity contribution in [3.8, 4) is 0 Å². The molecule has 7 heteroatoms. The van der Waals surface area contributed by atoms with Crippen molar-refractivity contribution in [3.05, 3.63) is 76.8 Å². The maximum atomic E-state index is 13.8. The summed E-state index contributed by atoms with van der Waals surface area (Å²) < 4.78 is 0. The summed E-state index contributed by atoms with van der Waals surface area (Å²) in [6.07, 6.45) is 1.24. The van der Waals surface area contributed by atoms with Crippen molar-refractivity contribution >= 4 is 45.8 Å². The molecule has 0 saturated heterocycles. The maximum Gasteiger partial charge on any atom is 0.259 e. The van der Waals surface area contributed by atoms with Gasteiger partial charge in [0.25, 0.3) is 5.91 Å². The number of benzene rings is 3. The number of amides is 3. The molecule has 1 aliphatic rings. The second-order valence-electron chi connectivity index (χ2n) is 8.96. The van der Waals surface area contributed by atoms with E-state index in [1.807, 2.05) is 63.2 Å². The lowest BCUT2D eigenvalue weighted by Gasteiger charge is -2.32. The number of carbonyl (C=O) groups excluding carboxylic acids is 3. The quantitative estimate of drug-likeness (QED) is 0.448. The van der Waals surface area contributed by atoms with E-state index < -0.39 is 6.04 Å². The van der Waals surface area contributed by atoms with Gasteiger partial charge in [0.1, 0.15) is 12.6 Å². The van der Waals surface area contributed by atoms with Gasteiger partial charge in [-0.25, -0.2) is 0 Å². The van der Waals surface area contributed by atoms with Crippen LogP contribution < -0.4 is 10.2 Å². The van der Waals surface area contributed by atoms with E-state index in [9.17, 15) is 14.4 Å². The van der Waals surface area contributed by atoms with E-state index >= 15 is 0 Å². The lowest BCUT2D eigenvalue weighted by atomic mass is 10.1. The minimum Gasteiger partial charge on any atom is -0.352 e. The number of carbonyl (C=O) groups is 3. The number of hydrogen-bond donors (Lipinski definition) is 1. The Morgan fingerprint density at radius 3 is 2.34 bits per heavy atom. The summed E-state index contributed by atoms with van der Waals surface area (Å²) in [6, 6.07) is 17.9. The van der Waals surface area contributed by atoms with E-state index in [2.05, 4.69) is 5.32 Å². The number of hydrogen-bond acceptors (Lipinski definition) is 3. The van der Waals surface area contributed by atoms with Crippen LogP contribution in [0.5, 0.6) is 0 Å². The Morgan fingerprint density at radius 1 is 1.00 bits per heavy atom. The first-order valence-electron chi connectivity index (χ1n) is 12.0. The molecule has 1 heterocycles. The van der Waals surface area contributed by atoms with Gasteiger partial charge < -0.3 is 10.2 Å². The molecule has 4 rings (SSSR count). The SMILES string of the molecule is CC[C@H](C(=O)N[C@@H](C)CC)N(Cc1ccc(Cl)cc1)C(=O)CN1C(=O)c2cccc3cccc1c23. The highest BCUT2D eigenvalue weighted by molar-refractivity contribution is 6.30. The van der Waals surface area contributed by atoms with Crippen LogP contribution in [0.3, 0.4) is 0 Å². The summed E-state index contributed by atoms with van der Waals surface area (Å²) in [4.78, 5) is 43.3. The third kappa shape index (κ3) is 5.03. The highest BCUT2D eigenvalue weighted by atomic mass is 35.5. The molecule has 182 valence electrons. The van der Waals surface area contributed by atoms with Crippen molar-refractivity contribution in [2.45, 2.75) is 52.2 Å². The smallest absolute Gasteiger partial charge is 0.259 e. The predicted octanol–water partition coefficient (Wildman–Crippen LogP) is 5.18. The number of nitrogens with zero attached hydrogens (tertiary/aromatic N) is 2. The van der Waals surface area contributed by atoms with E-state index in [0.717, 1.165) is 28.4 Å². The van der Waals surface area contributed by atoms with Crippen LogP contribution in [0.25, 0.3) is 10.8 Å². The summed E-state index contributed by atoms with van der Waals surface area (Å²) in [5.74, 6) is -0.680. The summed E-state index contributed by atoms with van der Waals surface area (Å²) in [6.45, 7) is 5.92. The Bertz CT molecular complexity index is 1250. The maximum absolute atomic E-state index is 13.8. The molecule has 0 bridgehead atoms. The van der Waals surface area contributed by atoms with Gasteiger partial charge in [-0.05, 0) is 55.0 Å². The molecule has 0 radical (unpaired) electrons. The van der Waals surface area contributed by atoms with Crippen molar-refractivity contribution in [2.24, 2.45) is 0 Å². The van der Waals surface area contributed by atoms with Crippen molar-refractivity contribution in [1.29, 1.82) is 0 Å². The molecule has 0 unspecified atom stereocenters. The fraction of sp³-hybridized carbons (Fsp3) is 0.321. The average molecular weight is 492 g/mol. The zero-order valence-electron chi connectivity index (χ0n) is 20.3. The standard InChI is InChI=1S/C28H30ClN3O3/c1-4-18(3)30-27(34)23(5-2)31(16-19-12-14-21(29)15-13-19)25(33)17-32-24-11-7-9-20-8-6-10-22(26(20)24)28(32)35/h6-15,18,23H,4-5,16-17H2,1-3H3,(H,30,34)/t18-,23+/m0/s1. The van der Waals surface area contributed by atoms with Crippen LogP contribution in [0.15, 0.2) is 60.7 Å². The van der Waals surface area contributed by atoms with Crippen molar-refractivity contribution < 1.29 is 14.4 Å². The number of halogens is 1. The fourth-order valence-electron chi connectivity index (χ4n) is 4.51. The van der Waals surface area contributed by atoms with Gasteiger partial charge in [0, 0.05) is 28.6 Å². The van der Waals surface area contributed by atoms with E-state index in [0.29, 0.717) is 17.0 Å². The number of anilines is 1. The van der Waals surface area contributed by atoms with Gasteiger partial charge in [-0.3, -0.25) is 19.3 Å². The third-order valence-electron chi connectivity index (χ3n) is 6.60. The Balaban J connectivity index is 1.64. The molecule has 0 fully saturated rings. The molecular formula is C28H30ClN3O3. The number of rotatable bonds is 9. The second kappa shape index (κ2) is 10.5. The van der Waals surface area contributed by atoms with Gasteiger partial charge in [0.15, 0.2) is 0 Å². The van der Waals surface area contributed by atoms with Crippen molar-refractivity contribution in [3.63, 3.8) is 0 Å². The molecule has 1 aliphatic heterocycles. The van der Waals surface area contributed by atoms with Crippen LogP contribution in [0.4, 0.5) is 5.69 Å². The van der Waals surface area contributed by atoms with Crippen LogP contribution in [0.2, 0.25) is 5.02 Å². The topological polar surface area (TPSA) is 69.7 Å². The van der Waals surface area contributed by atoms with Gasteiger partial charge in [-0.2, -0.15) is 0 Å². The minimum absolute atomic E-state index is 0.00343. The third-order valence-corrected chi connectivity index (χ3v) is 6.85. The van der Waals surface area contributed by atoms with E-state index in [-0.39, 0.29) is 36.9 Å². The van der Waals surface area contributed by atoms with Gasteiger partial charge in [0.2, 0.25) is 11.8 Å². The summed E-state index contributed by atoms with van der Waals surface area (Å²) in [5.41, 5.74) is 2.17. The monoisotopic (exact) mass is 491 g/mol. The van der Waals surface area contributed by atoms with Crippen LogP contribution in [-0.4, -0.2) is 41.2 Å². The van der Waals surface area contributed by atoms with Crippen LogP contribution in [0, 0.1) is 0 Å². The summed E-state index contributed by atoms with van der Waals surface area (Å²) >= 11 is 6.05. The molecule has 0 aromatic heterocycles. The average Bonchev–Trinajstić information content (AvgIpc) is 3.13. The molecule has 3 amide bonds. The Labute approximate surface area is 210 Å². The van der Waals surface area contributed by atoms with E-state index in [1.54, 1.807) is 23.1 Å². The first kappa shape index (κ1) is 24.7. The molecule has 6 nitrogen and oxygen atoms in total. The molecule has 3 aromatic carbocycles. The van der Waals surface area contributed by atoms with Crippen molar-refractivity contribution in [1.82, 2.24) is 10.2 Å². The van der Waals surface area contributed by atoms with Gasteiger partial charge >= 0.3 is 0 Å². The Hall–Kier alpha value is -3.38. The van der Waals surface area contributed by atoms with Gasteiger partial charge in [0.05, 0.1) is 5.69 Å². The highest BCUT2D eigenvalue weighted by Gasteiger charge is 2.35. The zero-order chi connectivity index (χ0) is 25.1. The molecule has 0 spiro atoms. The molecule has 3 aromatic rings. The lowest BCUT2D eigenvalue weighted by Crippen LogP contribution is -2.53. The van der Waals surface area contributed by atoms with Crippen LogP contribution in [0.1, 0.15) is 49.5 Å². The van der Waals surface area contributed by atoms with Crippen LogP contribution >= 0.6 is 11.6 Å². The van der Waals surface area contributed by atoms with E-state index in [1.165, 1.54) is 4.90 Å². The first-order chi connectivity index (χ1) is 16.8. The second-order valence-corrected chi connectivity index (χ2v) is 9.40. The normalized spacial score (nSPS) is 14.2. The van der Waals surface area contributed by atoms with Crippen molar-refractivity contribution in [2.75, 3.05) is 11.4 Å². The van der Waals surface area contributed by atoms with Gasteiger partial charge in [-0.1, -0.05) is 61.8 Å². The number of nitrogens with one attached hydrogen (secondary N) is 1. The fourth-order valence-corrected chi connectivity index (χ4v) is 4.64. The Morgan fingerprint density at radius 2 is 1.69 bits per heavy atom. The largest absolute Gasteiger partial charge is 0.352 e. The molecule has 35 heavy (non-hydrogen) atoms. The molecular weight excluding hydrogens is 462 g/mol. The molecule has 1 N–H and O–H groups in total. The Kier molecular flexibility index (Phi) is 7.41. The lowest BCUT2D eigenvalue weighted by molar-refractivity contribution is -0.140. The molecule has 2 atom stereocenters. The molecule has 0 aliphatic carbocycles. The zero-order valence-corrected chi connectivity index (χ0v) is 21.0. The van der Waals surface area contributed by atoms with Gasteiger partial charge in [-0.15, -0.1) is 0 Å². The highest BCUT2D eigenvalue weighted by Crippen LogP contribution is 2.37.